The van der Waals surface area contributed by atoms with Crippen LogP contribution in [0, 0.1) is 0 Å². The monoisotopic (exact) mass is 367 g/mol. The van der Waals surface area contributed by atoms with Crippen molar-refractivity contribution in [3.63, 3.8) is 0 Å². The maximum Gasteiger partial charge on any atom is 0.303 e. The second kappa shape index (κ2) is 14.9. The molecule has 1 rings (SSSR count). The number of carbonyl (C=O) groups excluding carboxylic acids is 1. The Kier molecular flexibility index (Phi) is 13.0. The first-order valence-corrected chi connectivity index (χ1v) is 10.5. The fourth-order valence-electron chi connectivity index (χ4n) is 3.61. The highest BCUT2D eigenvalue weighted by Crippen LogP contribution is 2.25. The molecule has 0 N–H and O–H groups in total. The van der Waals surface area contributed by atoms with Crippen molar-refractivity contribution in [2.45, 2.75) is 116 Å². The third-order valence-corrected chi connectivity index (χ3v) is 5.07. The summed E-state index contributed by atoms with van der Waals surface area (Å²) in [6.07, 6.45) is 16.0. The van der Waals surface area contributed by atoms with Crippen LogP contribution < -0.4 is 0 Å². The standard InChI is InChI=1S/C20H37N3O3/c1-3-4-5-6-7-8-9-10-11-12-13-14-15-19-20(26-17(2)24)18(16-25-19)22-23-21/h18-20H,3-16H2,1-2H3/t18-,19-,20-/m0/s1. The van der Waals surface area contributed by atoms with Crippen LogP contribution in [0.25, 0.3) is 10.4 Å². The molecule has 0 spiro atoms. The summed E-state index contributed by atoms with van der Waals surface area (Å²) in [5.74, 6) is -0.349. The fourth-order valence-corrected chi connectivity index (χ4v) is 3.61. The van der Waals surface area contributed by atoms with Crippen LogP contribution in [0.3, 0.4) is 0 Å². The topological polar surface area (TPSA) is 84.3 Å². The van der Waals surface area contributed by atoms with E-state index in [0.29, 0.717) is 6.61 Å². The number of azide groups is 1. The average Bonchev–Trinajstić information content (AvgIpc) is 2.97. The third kappa shape index (κ3) is 10.0. The van der Waals surface area contributed by atoms with Crippen molar-refractivity contribution in [2.24, 2.45) is 5.11 Å². The first-order chi connectivity index (χ1) is 12.7. The molecule has 0 bridgehead atoms. The first-order valence-electron chi connectivity index (χ1n) is 10.5. The molecule has 6 nitrogen and oxygen atoms in total. The second-order valence-electron chi connectivity index (χ2n) is 7.40. The Balaban J connectivity index is 2.04. The van der Waals surface area contributed by atoms with Crippen LogP contribution in [0.15, 0.2) is 5.11 Å². The van der Waals surface area contributed by atoms with Crippen molar-refractivity contribution in [3.05, 3.63) is 10.4 Å². The van der Waals surface area contributed by atoms with Gasteiger partial charge in [-0.05, 0) is 12.0 Å². The van der Waals surface area contributed by atoms with Gasteiger partial charge < -0.3 is 9.47 Å². The lowest BCUT2D eigenvalue weighted by molar-refractivity contribution is -0.149. The van der Waals surface area contributed by atoms with Crippen LogP contribution >= 0.6 is 0 Å². The third-order valence-electron chi connectivity index (χ3n) is 5.07. The zero-order valence-electron chi connectivity index (χ0n) is 16.7. The van der Waals surface area contributed by atoms with Crippen LogP contribution in [-0.4, -0.2) is 30.8 Å². The van der Waals surface area contributed by atoms with Crippen molar-refractivity contribution in [3.8, 4) is 0 Å². The Labute approximate surface area is 158 Å². The summed E-state index contributed by atoms with van der Waals surface area (Å²) in [6.45, 7) is 3.98. The van der Waals surface area contributed by atoms with Crippen LogP contribution in [0.4, 0.5) is 0 Å². The summed E-state index contributed by atoms with van der Waals surface area (Å²) >= 11 is 0. The predicted octanol–water partition coefficient (Wildman–Crippen LogP) is 6.09. The molecule has 0 aromatic rings. The van der Waals surface area contributed by atoms with Gasteiger partial charge in [-0.2, -0.15) is 0 Å². The largest absolute Gasteiger partial charge is 0.459 e. The van der Waals surface area contributed by atoms with Gasteiger partial charge in [0.2, 0.25) is 0 Å². The van der Waals surface area contributed by atoms with E-state index in [4.69, 9.17) is 15.0 Å². The first kappa shape index (κ1) is 22.8. The number of hydrogen-bond donors (Lipinski definition) is 0. The second-order valence-corrected chi connectivity index (χ2v) is 7.40. The lowest BCUT2D eigenvalue weighted by atomic mass is 10.0. The molecule has 0 unspecified atom stereocenters. The normalized spacial score (nSPS) is 22.2. The smallest absolute Gasteiger partial charge is 0.303 e. The lowest BCUT2D eigenvalue weighted by Crippen LogP contribution is -2.33. The van der Waals surface area contributed by atoms with Crippen LogP contribution in [0.2, 0.25) is 0 Å². The molecular formula is C20H37N3O3. The van der Waals surface area contributed by atoms with Gasteiger partial charge in [0, 0.05) is 11.8 Å². The van der Waals surface area contributed by atoms with Crippen molar-refractivity contribution < 1.29 is 14.3 Å². The van der Waals surface area contributed by atoms with Crippen molar-refractivity contribution in [2.75, 3.05) is 6.61 Å². The van der Waals surface area contributed by atoms with Gasteiger partial charge in [-0.25, -0.2) is 0 Å². The van der Waals surface area contributed by atoms with E-state index in [1.165, 1.54) is 77.6 Å². The number of carbonyl (C=O) groups is 1. The number of esters is 1. The Morgan fingerprint density at radius 2 is 1.58 bits per heavy atom. The highest BCUT2D eigenvalue weighted by atomic mass is 16.6. The molecule has 3 atom stereocenters. The summed E-state index contributed by atoms with van der Waals surface area (Å²) < 4.78 is 11.0. The number of ether oxygens (including phenoxy) is 2. The van der Waals surface area contributed by atoms with Crippen LogP contribution in [0.5, 0.6) is 0 Å². The van der Waals surface area contributed by atoms with Gasteiger partial charge in [-0.15, -0.1) is 0 Å². The minimum atomic E-state index is -0.434. The van der Waals surface area contributed by atoms with E-state index >= 15 is 0 Å². The molecule has 0 aliphatic carbocycles. The van der Waals surface area contributed by atoms with Gasteiger partial charge in [0.25, 0.3) is 0 Å². The quantitative estimate of drug-likeness (QED) is 0.115. The van der Waals surface area contributed by atoms with Crippen LogP contribution in [0.1, 0.15) is 97.3 Å². The summed E-state index contributed by atoms with van der Waals surface area (Å²) in [5.41, 5.74) is 8.62. The van der Waals surface area contributed by atoms with Gasteiger partial charge >= 0.3 is 5.97 Å². The zero-order chi connectivity index (χ0) is 19.0. The highest BCUT2D eigenvalue weighted by Gasteiger charge is 2.38. The van der Waals surface area contributed by atoms with Crippen molar-refractivity contribution >= 4 is 5.97 Å². The van der Waals surface area contributed by atoms with Gasteiger partial charge in [-0.1, -0.05) is 89.1 Å². The van der Waals surface area contributed by atoms with Gasteiger partial charge in [0.1, 0.15) is 12.1 Å². The lowest BCUT2D eigenvalue weighted by Gasteiger charge is -2.20. The van der Waals surface area contributed by atoms with E-state index in [2.05, 4.69) is 16.9 Å². The molecule has 6 heteroatoms. The maximum absolute atomic E-state index is 11.3. The number of hydrogen-bond acceptors (Lipinski definition) is 4. The SMILES string of the molecule is CCCCCCCCCCCCCC[C@@H]1OC[C@H](N=[N+]=[N-])[C@@H]1OC(C)=O. The molecule has 0 saturated carbocycles. The fraction of sp³-hybridized carbons (Fsp3) is 0.950. The summed E-state index contributed by atoms with van der Waals surface area (Å²) in [4.78, 5) is 14.1. The Morgan fingerprint density at radius 3 is 2.08 bits per heavy atom. The zero-order valence-corrected chi connectivity index (χ0v) is 16.7. The van der Waals surface area contributed by atoms with E-state index in [1.54, 1.807) is 0 Å². The van der Waals surface area contributed by atoms with Gasteiger partial charge in [0.05, 0.1) is 12.7 Å². The maximum atomic E-state index is 11.3. The molecule has 1 aliphatic rings. The van der Waals surface area contributed by atoms with E-state index in [9.17, 15) is 4.79 Å². The predicted molar refractivity (Wildman–Crippen MR) is 104 cm³/mol. The minimum absolute atomic E-state index is 0.141. The average molecular weight is 368 g/mol. The molecule has 1 aliphatic heterocycles. The van der Waals surface area contributed by atoms with E-state index < -0.39 is 12.1 Å². The molecule has 1 saturated heterocycles. The molecule has 0 aromatic heterocycles. The Bertz CT molecular complexity index is 425. The van der Waals surface area contributed by atoms with Gasteiger partial charge in [-0.3, -0.25) is 4.79 Å². The van der Waals surface area contributed by atoms with Crippen molar-refractivity contribution in [1.29, 1.82) is 0 Å². The van der Waals surface area contributed by atoms with Crippen LogP contribution in [-0.2, 0) is 14.3 Å². The molecule has 1 fully saturated rings. The Hall–Kier alpha value is -1.26. The number of rotatable bonds is 15. The molecule has 0 amide bonds. The number of unbranched alkanes of at least 4 members (excludes halogenated alkanes) is 11. The molecule has 0 aromatic carbocycles. The summed E-state index contributed by atoms with van der Waals surface area (Å²) in [7, 11) is 0. The summed E-state index contributed by atoms with van der Waals surface area (Å²) in [6, 6.07) is -0.397. The molecule has 150 valence electrons. The molecule has 0 radical (unpaired) electrons. The number of nitrogens with zero attached hydrogens (tertiary/aromatic N) is 3. The van der Waals surface area contributed by atoms with E-state index in [-0.39, 0.29) is 12.1 Å². The van der Waals surface area contributed by atoms with Gasteiger partial charge in [0.15, 0.2) is 0 Å². The van der Waals surface area contributed by atoms with Crippen molar-refractivity contribution in [1.82, 2.24) is 0 Å². The van der Waals surface area contributed by atoms with E-state index in [1.807, 2.05) is 0 Å². The Morgan fingerprint density at radius 1 is 1.04 bits per heavy atom. The summed E-state index contributed by atoms with van der Waals surface area (Å²) in [5, 5.41) is 3.70. The molecule has 1 heterocycles. The highest BCUT2D eigenvalue weighted by molar-refractivity contribution is 5.66. The molecule has 26 heavy (non-hydrogen) atoms. The molecular weight excluding hydrogens is 330 g/mol. The van der Waals surface area contributed by atoms with E-state index in [0.717, 1.165) is 12.8 Å². The minimum Gasteiger partial charge on any atom is -0.459 e.